The maximum Gasteiger partial charge on any atom is 0.146 e. The van der Waals surface area contributed by atoms with Gasteiger partial charge in [-0.25, -0.2) is 0 Å². The minimum absolute atomic E-state index is 0. The fourth-order valence-corrected chi connectivity index (χ4v) is 4.11. The van der Waals surface area contributed by atoms with Crippen LogP contribution in [-0.4, -0.2) is 31.2 Å². The second-order valence-electron chi connectivity index (χ2n) is 7.84. The first-order chi connectivity index (χ1) is 13.0. The summed E-state index contributed by atoms with van der Waals surface area (Å²) in [6.07, 6.45) is 5.02. The van der Waals surface area contributed by atoms with Crippen LogP contribution in [-0.2, 0) is 18.7 Å². The quantitative estimate of drug-likeness (QED) is 0.607. The lowest BCUT2D eigenvalue weighted by Crippen LogP contribution is -2.31. The van der Waals surface area contributed by atoms with Gasteiger partial charge in [0.15, 0.2) is 0 Å². The summed E-state index contributed by atoms with van der Waals surface area (Å²) < 4.78 is 5.84. The van der Waals surface area contributed by atoms with E-state index in [1.54, 1.807) is 7.11 Å². The number of anilines is 1. The Kier molecular flexibility index (Phi) is 10.3. The summed E-state index contributed by atoms with van der Waals surface area (Å²) in [6.45, 7) is 1.48. The number of rotatable bonds is 7. The third-order valence-electron chi connectivity index (χ3n) is 5.45. The Labute approximate surface area is 187 Å². The molecule has 2 aromatic rings. The van der Waals surface area contributed by atoms with Gasteiger partial charge in [0.05, 0.1) is 18.4 Å². The van der Waals surface area contributed by atoms with Gasteiger partial charge < -0.3 is 20.1 Å². The van der Waals surface area contributed by atoms with Crippen LogP contribution in [0.15, 0.2) is 42.5 Å². The molecule has 1 aliphatic rings. The van der Waals surface area contributed by atoms with Crippen molar-refractivity contribution in [2.24, 2.45) is 0 Å². The van der Waals surface area contributed by atoms with Gasteiger partial charge in [0.1, 0.15) is 5.75 Å². The highest BCUT2D eigenvalue weighted by molar-refractivity contribution is 5.85. The standard InChI is InChI=1S/C23H32N2O2.2ClH/c1-25(2)17-19-20(23(26)14-8-5-9-15-23)12-13-21(22(19)27-3)24-16-18-10-6-4-7-11-18;;/h4,6-7,10-13,24,26H,5,8-9,14-17H2,1-3H3;2*1H. The van der Waals surface area contributed by atoms with E-state index in [4.69, 9.17) is 4.74 Å². The Morgan fingerprint density at radius 1 is 1.00 bits per heavy atom. The second-order valence-corrected chi connectivity index (χ2v) is 7.84. The van der Waals surface area contributed by atoms with Crippen molar-refractivity contribution in [1.82, 2.24) is 4.90 Å². The van der Waals surface area contributed by atoms with Crippen LogP contribution >= 0.6 is 24.8 Å². The number of benzene rings is 2. The Balaban J connectivity index is 0.00000210. The zero-order valence-electron chi connectivity index (χ0n) is 17.6. The normalized spacial score (nSPS) is 15.2. The molecule has 162 valence electrons. The van der Waals surface area contributed by atoms with E-state index in [1.807, 2.05) is 18.2 Å². The van der Waals surface area contributed by atoms with E-state index in [0.29, 0.717) is 0 Å². The molecule has 4 nitrogen and oxygen atoms in total. The van der Waals surface area contributed by atoms with Gasteiger partial charge in [-0.1, -0.05) is 55.7 Å². The van der Waals surface area contributed by atoms with Crippen molar-refractivity contribution in [3.05, 3.63) is 59.2 Å². The summed E-state index contributed by atoms with van der Waals surface area (Å²) in [5, 5.41) is 14.9. The summed E-state index contributed by atoms with van der Waals surface area (Å²) in [4.78, 5) is 2.13. The lowest BCUT2D eigenvalue weighted by Gasteiger charge is -2.35. The van der Waals surface area contributed by atoms with E-state index < -0.39 is 5.60 Å². The molecule has 0 unspecified atom stereocenters. The maximum atomic E-state index is 11.4. The van der Waals surface area contributed by atoms with Gasteiger partial charge >= 0.3 is 0 Å². The molecule has 29 heavy (non-hydrogen) atoms. The predicted molar refractivity (Wildman–Crippen MR) is 126 cm³/mol. The van der Waals surface area contributed by atoms with Crippen molar-refractivity contribution in [1.29, 1.82) is 0 Å². The molecule has 0 aliphatic heterocycles. The van der Waals surface area contributed by atoms with Gasteiger partial charge in [-0.2, -0.15) is 0 Å². The highest BCUT2D eigenvalue weighted by Crippen LogP contribution is 2.43. The first-order valence-electron chi connectivity index (χ1n) is 9.89. The van der Waals surface area contributed by atoms with E-state index in [9.17, 15) is 5.11 Å². The molecule has 0 aromatic heterocycles. The zero-order valence-corrected chi connectivity index (χ0v) is 19.2. The minimum atomic E-state index is -0.741. The summed E-state index contributed by atoms with van der Waals surface area (Å²) in [6, 6.07) is 14.5. The molecule has 0 heterocycles. The Morgan fingerprint density at radius 2 is 1.66 bits per heavy atom. The summed E-state index contributed by atoms with van der Waals surface area (Å²) in [7, 11) is 5.83. The molecule has 1 fully saturated rings. The lowest BCUT2D eigenvalue weighted by atomic mass is 9.77. The molecule has 0 radical (unpaired) electrons. The molecule has 1 saturated carbocycles. The fraction of sp³-hybridized carbons (Fsp3) is 0.478. The number of ether oxygens (including phenoxy) is 1. The van der Waals surface area contributed by atoms with Crippen molar-refractivity contribution < 1.29 is 9.84 Å². The molecular formula is C23H34Cl2N2O2. The second kappa shape index (κ2) is 11.7. The highest BCUT2D eigenvalue weighted by Gasteiger charge is 2.34. The van der Waals surface area contributed by atoms with Crippen molar-refractivity contribution in [2.45, 2.75) is 50.8 Å². The number of hydrogen-bond donors (Lipinski definition) is 2. The monoisotopic (exact) mass is 440 g/mol. The lowest BCUT2D eigenvalue weighted by molar-refractivity contribution is -0.00198. The van der Waals surface area contributed by atoms with Crippen molar-refractivity contribution in [2.75, 3.05) is 26.5 Å². The minimum Gasteiger partial charge on any atom is -0.494 e. The SMILES string of the molecule is COc1c(NCc2ccccc2)ccc(C2(O)CCCCC2)c1CN(C)C.Cl.Cl. The molecule has 6 heteroatoms. The molecule has 2 N–H and O–H groups in total. The van der Waals surface area contributed by atoms with Crippen LogP contribution in [0.3, 0.4) is 0 Å². The number of nitrogens with one attached hydrogen (secondary N) is 1. The van der Waals surface area contributed by atoms with E-state index >= 15 is 0 Å². The van der Waals surface area contributed by atoms with E-state index in [0.717, 1.165) is 61.3 Å². The van der Waals surface area contributed by atoms with Crippen molar-refractivity contribution in [3.63, 3.8) is 0 Å². The van der Waals surface area contributed by atoms with Crippen LogP contribution in [0.4, 0.5) is 5.69 Å². The smallest absolute Gasteiger partial charge is 0.146 e. The Bertz CT molecular complexity index is 748. The average molecular weight is 441 g/mol. The number of hydrogen-bond acceptors (Lipinski definition) is 4. The van der Waals surface area contributed by atoms with Crippen LogP contribution in [0.2, 0.25) is 0 Å². The fourth-order valence-electron chi connectivity index (χ4n) is 4.11. The van der Waals surface area contributed by atoms with Gasteiger partial charge in [-0.05, 0) is 44.1 Å². The Hall–Kier alpha value is -1.46. The number of aliphatic hydroxyl groups is 1. The number of halogens is 2. The molecule has 3 rings (SSSR count). The van der Waals surface area contributed by atoms with Crippen molar-refractivity contribution in [3.8, 4) is 5.75 Å². The zero-order chi connectivity index (χ0) is 19.3. The van der Waals surface area contributed by atoms with Crippen LogP contribution < -0.4 is 10.1 Å². The highest BCUT2D eigenvalue weighted by atomic mass is 35.5. The van der Waals surface area contributed by atoms with Gasteiger partial charge in [-0.3, -0.25) is 0 Å². The molecular weight excluding hydrogens is 407 g/mol. The predicted octanol–water partition coefficient (Wildman–Crippen LogP) is 5.36. The van der Waals surface area contributed by atoms with E-state index in [-0.39, 0.29) is 24.8 Å². The molecule has 0 amide bonds. The first kappa shape index (κ1) is 25.6. The molecule has 2 aromatic carbocycles. The van der Waals surface area contributed by atoms with E-state index in [1.165, 1.54) is 12.0 Å². The largest absolute Gasteiger partial charge is 0.494 e. The maximum absolute atomic E-state index is 11.4. The van der Waals surface area contributed by atoms with Crippen LogP contribution in [0.1, 0.15) is 48.8 Å². The molecule has 1 aliphatic carbocycles. The van der Waals surface area contributed by atoms with Crippen LogP contribution in [0.25, 0.3) is 0 Å². The van der Waals surface area contributed by atoms with Crippen LogP contribution in [0, 0.1) is 0 Å². The van der Waals surface area contributed by atoms with Crippen LogP contribution in [0.5, 0.6) is 5.75 Å². The molecule has 0 saturated heterocycles. The van der Waals surface area contributed by atoms with Gasteiger partial charge in [0, 0.05) is 18.7 Å². The van der Waals surface area contributed by atoms with Gasteiger partial charge in [-0.15, -0.1) is 24.8 Å². The van der Waals surface area contributed by atoms with E-state index in [2.05, 4.69) is 48.6 Å². The molecule has 0 bridgehead atoms. The summed E-state index contributed by atoms with van der Waals surface area (Å²) in [5.41, 5.74) is 3.57. The topological polar surface area (TPSA) is 44.7 Å². The average Bonchev–Trinajstić information content (AvgIpc) is 2.67. The third kappa shape index (κ3) is 6.26. The summed E-state index contributed by atoms with van der Waals surface area (Å²) in [5.74, 6) is 0.844. The van der Waals surface area contributed by atoms with Gasteiger partial charge in [0.2, 0.25) is 0 Å². The third-order valence-corrected chi connectivity index (χ3v) is 5.45. The Morgan fingerprint density at radius 3 is 2.24 bits per heavy atom. The first-order valence-corrected chi connectivity index (χ1v) is 9.89. The number of methoxy groups -OCH3 is 1. The molecule has 0 atom stereocenters. The molecule has 0 spiro atoms. The number of nitrogens with zero attached hydrogens (tertiary/aromatic N) is 1. The van der Waals surface area contributed by atoms with Gasteiger partial charge in [0.25, 0.3) is 0 Å². The summed E-state index contributed by atoms with van der Waals surface area (Å²) >= 11 is 0. The van der Waals surface area contributed by atoms with Crippen molar-refractivity contribution >= 4 is 30.5 Å².